The first-order chi connectivity index (χ1) is 7.00. The number of nitrogens with two attached hydrogens (primary N) is 1. The van der Waals surface area contributed by atoms with Crippen LogP contribution in [0.15, 0.2) is 11.2 Å². The van der Waals surface area contributed by atoms with Crippen molar-refractivity contribution in [3.63, 3.8) is 0 Å². The van der Waals surface area contributed by atoms with Crippen LogP contribution in [0.5, 0.6) is 0 Å². The van der Waals surface area contributed by atoms with E-state index in [9.17, 15) is 8.42 Å². The van der Waals surface area contributed by atoms with Crippen LogP contribution < -0.4 is 5.14 Å². The Bertz CT molecular complexity index is 545. The second-order valence-electron chi connectivity index (χ2n) is 2.65. The Morgan fingerprint density at radius 1 is 1.53 bits per heavy atom. The number of aryl methyl sites for hydroxylation is 1. The molecule has 78 valence electrons. The molecule has 8 heteroatoms. The zero-order valence-corrected chi connectivity index (χ0v) is 8.40. The summed E-state index contributed by atoms with van der Waals surface area (Å²) in [5.41, 5.74) is -0.115. The van der Waals surface area contributed by atoms with Gasteiger partial charge in [0.05, 0.1) is 25.2 Å². The van der Waals surface area contributed by atoms with Crippen LogP contribution >= 0.6 is 0 Å². The third-order valence-electron chi connectivity index (χ3n) is 1.62. The molecule has 2 N–H and O–H groups in total. The van der Waals surface area contributed by atoms with Gasteiger partial charge >= 0.3 is 0 Å². The monoisotopic (exact) mass is 225 g/mol. The standard InChI is InChI=1S/C7H7N5O2S/c8-2-1-3-12-7(15(10,13)14)6(4-9)5-11-12/h5H,1,3H2,(H2,10,13,14). The zero-order chi connectivity index (χ0) is 11.5. The third-order valence-corrected chi connectivity index (χ3v) is 2.59. The van der Waals surface area contributed by atoms with Crippen molar-refractivity contribution in [3.05, 3.63) is 11.8 Å². The predicted octanol–water partition coefficient (Wildman–Crippen LogP) is -0.684. The molecular formula is C7H7N5O2S. The van der Waals surface area contributed by atoms with Gasteiger partial charge in [0, 0.05) is 0 Å². The molecule has 0 aliphatic heterocycles. The van der Waals surface area contributed by atoms with Crippen LogP contribution in [-0.4, -0.2) is 18.2 Å². The Kier molecular flexibility index (Phi) is 3.04. The van der Waals surface area contributed by atoms with Gasteiger partial charge in [0.1, 0.15) is 11.6 Å². The van der Waals surface area contributed by atoms with E-state index < -0.39 is 10.0 Å². The number of hydrogen-bond acceptors (Lipinski definition) is 5. The van der Waals surface area contributed by atoms with Crippen LogP contribution in [-0.2, 0) is 16.6 Å². The Balaban J connectivity index is 3.27. The summed E-state index contributed by atoms with van der Waals surface area (Å²) in [7, 11) is -3.99. The van der Waals surface area contributed by atoms with Gasteiger partial charge in [-0.1, -0.05) is 0 Å². The normalized spacial score (nSPS) is 10.6. The smallest absolute Gasteiger partial charge is 0.251 e. The number of nitriles is 2. The average Bonchev–Trinajstić information content (AvgIpc) is 2.56. The molecule has 0 amide bonds. The molecule has 0 saturated heterocycles. The van der Waals surface area contributed by atoms with E-state index in [1.54, 1.807) is 6.07 Å². The molecule has 0 saturated carbocycles. The highest BCUT2D eigenvalue weighted by atomic mass is 32.2. The van der Waals surface area contributed by atoms with E-state index >= 15 is 0 Å². The Labute approximate surface area is 86.4 Å². The lowest BCUT2D eigenvalue weighted by atomic mass is 10.4. The number of nitrogens with zero attached hydrogens (tertiary/aromatic N) is 4. The predicted molar refractivity (Wildman–Crippen MR) is 48.5 cm³/mol. The maximum Gasteiger partial charge on any atom is 0.256 e. The van der Waals surface area contributed by atoms with Gasteiger partial charge in [-0.3, -0.25) is 4.68 Å². The quantitative estimate of drug-likeness (QED) is 0.729. The molecule has 1 rings (SSSR count). The minimum Gasteiger partial charge on any atom is -0.251 e. The largest absolute Gasteiger partial charge is 0.256 e. The molecule has 0 atom stereocenters. The number of rotatable bonds is 3. The van der Waals surface area contributed by atoms with Crippen molar-refractivity contribution in [2.45, 2.75) is 18.0 Å². The van der Waals surface area contributed by atoms with Crippen molar-refractivity contribution in [1.29, 1.82) is 10.5 Å². The van der Waals surface area contributed by atoms with Crippen LogP contribution in [0.4, 0.5) is 0 Å². The summed E-state index contributed by atoms with van der Waals surface area (Å²) < 4.78 is 23.3. The number of aromatic nitrogens is 2. The van der Waals surface area contributed by atoms with Gasteiger partial charge in [-0.25, -0.2) is 13.6 Å². The topological polar surface area (TPSA) is 126 Å². The van der Waals surface area contributed by atoms with E-state index in [4.69, 9.17) is 15.7 Å². The molecule has 15 heavy (non-hydrogen) atoms. The first-order valence-corrected chi connectivity index (χ1v) is 5.41. The summed E-state index contributed by atoms with van der Waals surface area (Å²) in [6, 6.07) is 3.52. The van der Waals surface area contributed by atoms with E-state index in [1.165, 1.54) is 0 Å². The van der Waals surface area contributed by atoms with Gasteiger partial charge in [-0.15, -0.1) is 0 Å². The number of primary sulfonamides is 1. The van der Waals surface area contributed by atoms with E-state index in [0.717, 1.165) is 10.9 Å². The van der Waals surface area contributed by atoms with Crippen LogP contribution in [0.25, 0.3) is 0 Å². The van der Waals surface area contributed by atoms with Crippen LogP contribution in [0, 0.1) is 22.7 Å². The summed E-state index contributed by atoms with van der Waals surface area (Å²) in [6.07, 6.45) is 1.20. The molecule has 1 aromatic heterocycles. The van der Waals surface area contributed by atoms with Crippen LogP contribution in [0.3, 0.4) is 0 Å². The second kappa shape index (κ2) is 4.09. The Morgan fingerprint density at radius 2 is 2.20 bits per heavy atom. The van der Waals surface area contributed by atoms with E-state index in [2.05, 4.69) is 5.10 Å². The molecule has 0 radical (unpaired) electrons. The van der Waals surface area contributed by atoms with Crippen molar-refractivity contribution in [2.24, 2.45) is 5.14 Å². The Morgan fingerprint density at radius 3 is 2.67 bits per heavy atom. The summed E-state index contributed by atoms with van der Waals surface area (Å²) in [5, 5.41) is 25.2. The summed E-state index contributed by atoms with van der Waals surface area (Å²) >= 11 is 0. The van der Waals surface area contributed by atoms with Crippen molar-refractivity contribution >= 4 is 10.0 Å². The molecular weight excluding hydrogens is 218 g/mol. The first-order valence-electron chi connectivity index (χ1n) is 3.86. The van der Waals surface area contributed by atoms with Crippen LogP contribution in [0.1, 0.15) is 12.0 Å². The minimum atomic E-state index is -3.99. The maximum atomic E-state index is 11.1. The highest BCUT2D eigenvalue weighted by Gasteiger charge is 2.20. The molecule has 0 fully saturated rings. The molecule has 1 heterocycles. The first kappa shape index (κ1) is 11.2. The second-order valence-corrected chi connectivity index (χ2v) is 4.13. The summed E-state index contributed by atoms with van der Waals surface area (Å²) in [4.78, 5) is 0. The molecule has 0 spiro atoms. The van der Waals surface area contributed by atoms with E-state index in [-0.39, 0.29) is 23.6 Å². The van der Waals surface area contributed by atoms with Crippen molar-refractivity contribution < 1.29 is 8.42 Å². The lowest BCUT2D eigenvalue weighted by Crippen LogP contribution is -2.19. The van der Waals surface area contributed by atoms with Crippen molar-refractivity contribution in [1.82, 2.24) is 9.78 Å². The maximum absolute atomic E-state index is 11.1. The highest BCUT2D eigenvalue weighted by Crippen LogP contribution is 2.12. The summed E-state index contributed by atoms with van der Waals surface area (Å²) in [5.74, 6) is 0. The molecule has 0 aliphatic carbocycles. The molecule has 7 nitrogen and oxygen atoms in total. The van der Waals surface area contributed by atoms with Gasteiger partial charge in [-0.05, 0) is 0 Å². The minimum absolute atomic E-state index is 0.0872. The number of hydrogen-bond donors (Lipinski definition) is 1. The van der Waals surface area contributed by atoms with Gasteiger partial charge < -0.3 is 0 Å². The van der Waals surface area contributed by atoms with Crippen molar-refractivity contribution in [2.75, 3.05) is 0 Å². The lowest BCUT2D eigenvalue weighted by Gasteiger charge is -2.02. The van der Waals surface area contributed by atoms with E-state index in [1.807, 2.05) is 6.07 Å². The fraction of sp³-hybridized carbons (Fsp3) is 0.286. The molecule has 0 aliphatic rings. The van der Waals surface area contributed by atoms with Gasteiger partial charge in [0.25, 0.3) is 10.0 Å². The van der Waals surface area contributed by atoms with Gasteiger partial charge in [0.15, 0.2) is 5.03 Å². The molecule has 1 aromatic rings. The number of sulfonamides is 1. The Hall–Kier alpha value is -1.90. The average molecular weight is 225 g/mol. The lowest BCUT2D eigenvalue weighted by molar-refractivity contribution is 0.542. The fourth-order valence-electron chi connectivity index (χ4n) is 1.07. The van der Waals surface area contributed by atoms with E-state index in [0.29, 0.717) is 0 Å². The molecule has 0 unspecified atom stereocenters. The fourth-order valence-corrected chi connectivity index (χ4v) is 1.90. The highest BCUT2D eigenvalue weighted by molar-refractivity contribution is 7.89. The van der Waals surface area contributed by atoms with Gasteiger partial charge in [-0.2, -0.15) is 15.6 Å². The summed E-state index contributed by atoms with van der Waals surface area (Å²) in [6.45, 7) is 0.0872. The zero-order valence-electron chi connectivity index (χ0n) is 7.58. The molecule has 0 aromatic carbocycles. The van der Waals surface area contributed by atoms with Crippen molar-refractivity contribution in [3.8, 4) is 12.1 Å². The van der Waals surface area contributed by atoms with Gasteiger partial charge in [0.2, 0.25) is 0 Å². The third kappa shape index (κ3) is 2.31. The SMILES string of the molecule is N#CCCn1ncc(C#N)c1S(N)(=O)=O. The molecule has 0 bridgehead atoms. The van der Waals surface area contributed by atoms with Crippen LogP contribution in [0.2, 0.25) is 0 Å².